The van der Waals surface area contributed by atoms with E-state index in [-0.39, 0.29) is 0 Å². The molecule has 1 nitrogen and oxygen atoms in total. The summed E-state index contributed by atoms with van der Waals surface area (Å²) < 4.78 is 0. The zero-order valence-corrected chi connectivity index (χ0v) is 8.92. The van der Waals surface area contributed by atoms with Gasteiger partial charge >= 0.3 is 0 Å². The maximum atomic E-state index is 3.19. The summed E-state index contributed by atoms with van der Waals surface area (Å²) >= 11 is 0. The number of hydrogen-bond acceptors (Lipinski definition) is 1. The van der Waals surface area contributed by atoms with E-state index in [0.29, 0.717) is 0 Å². The number of hydrogen-bond donors (Lipinski definition) is 1. The van der Waals surface area contributed by atoms with Crippen molar-refractivity contribution >= 4 is 0 Å². The van der Waals surface area contributed by atoms with Crippen LogP contribution >= 0.6 is 0 Å². The summed E-state index contributed by atoms with van der Waals surface area (Å²) in [4.78, 5) is 0. The second-order valence-electron chi connectivity index (χ2n) is 4.33. The molecule has 1 aromatic carbocycles. The van der Waals surface area contributed by atoms with Crippen LogP contribution in [-0.4, -0.2) is 7.05 Å². The Kier molecular flexibility index (Phi) is 3.20. The molecule has 1 N–H and O–H groups in total. The van der Waals surface area contributed by atoms with E-state index in [1.54, 1.807) is 0 Å². The van der Waals surface area contributed by atoms with Crippen molar-refractivity contribution in [2.24, 2.45) is 5.92 Å². The predicted octanol–water partition coefficient (Wildman–Crippen LogP) is 2.75. The van der Waals surface area contributed by atoms with Crippen molar-refractivity contribution < 1.29 is 0 Å². The number of benzene rings is 1. The largest absolute Gasteiger partial charge is 0.316 e. The minimum absolute atomic E-state index is 0.983. The fraction of sp³-hybridized carbons (Fsp3) is 0.538. The molecule has 1 aliphatic carbocycles. The summed E-state index contributed by atoms with van der Waals surface area (Å²) in [5.74, 6) is 1.04. The molecule has 0 amide bonds. The Morgan fingerprint density at radius 3 is 2.79 bits per heavy atom. The second kappa shape index (κ2) is 4.61. The maximum absolute atomic E-state index is 3.19. The first-order valence-corrected chi connectivity index (χ1v) is 5.61. The van der Waals surface area contributed by atoms with Crippen LogP contribution in [0.1, 0.15) is 30.4 Å². The van der Waals surface area contributed by atoms with Gasteiger partial charge in [-0.05, 0) is 36.9 Å². The van der Waals surface area contributed by atoms with Crippen LogP contribution in [0, 0.1) is 5.92 Å². The summed E-state index contributed by atoms with van der Waals surface area (Å²) in [6.45, 7) is 0.983. The van der Waals surface area contributed by atoms with Crippen molar-refractivity contribution in [1.82, 2.24) is 5.32 Å². The molecular weight excluding hydrogens is 170 g/mol. The molecule has 0 radical (unpaired) electrons. The normalized spacial score (nSPS) is 15.8. The average Bonchev–Trinajstić information content (AvgIpc) is 2.99. The lowest BCUT2D eigenvalue weighted by atomic mass is 10.0. The molecule has 1 aromatic rings. The molecule has 1 aliphatic rings. The van der Waals surface area contributed by atoms with Crippen LogP contribution in [0.2, 0.25) is 0 Å². The molecule has 0 aliphatic heterocycles. The van der Waals surface area contributed by atoms with Crippen molar-refractivity contribution in [2.75, 3.05) is 7.05 Å². The van der Waals surface area contributed by atoms with Gasteiger partial charge < -0.3 is 5.32 Å². The van der Waals surface area contributed by atoms with E-state index < -0.39 is 0 Å². The summed E-state index contributed by atoms with van der Waals surface area (Å²) in [5.41, 5.74) is 2.91. The molecule has 14 heavy (non-hydrogen) atoms. The lowest BCUT2D eigenvalue weighted by Crippen LogP contribution is -2.05. The average molecular weight is 189 g/mol. The SMILES string of the molecule is CNCc1cccc(CCC2CC2)c1. The Balaban J connectivity index is 1.90. The Morgan fingerprint density at radius 2 is 2.07 bits per heavy atom. The lowest BCUT2D eigenvalue weighted by molar-refractivity contribution is 0.724. The van der Waals surface area contributed by atoms with Crippen molar-refractivity contribution in [2.45, 2.75) is 32.2 Å². The highest BCUT2D eigenvalue weighted by atomic mass is 14.8. The molecule has 0 heterocycles. The van der Waals surface area contributed by atoms with E-state index in [1.807, 2.05) is 7.05 Å². The third-order valence-electron chi connectivity index (χ3n) is 2.91. The molecule has 0 bridgehead atoms. The molecular formula is C13H19N. The van der Waals surface area contributed by atoms with Crippen LogP contribution in [0.5, 0.6) is 0 Å². The Morgan fingerprint density at radius 1 is 1.29 bits per heavy atom. The van der Waals surface area contributed by atoms with E-state index in [0.717, 1.165) is 12.5 Å². The van der Waals surface area contributed by atoms with E-state index in [9.17, 15) is 0 Å². The van der Waals surface area contributed by atoms with Gasteiger partial charge in [-0.3, -0.25) is 0 Å². The maximum Gasteiger partial charge on any atom is 0.0202 e. The van der Waals surface area contributed by atoms with E-state index in [1.165, 1.54) is 36.8 Å². The first kappa shape index (κ1) is 9.72. The summed E-state index contributed by atoms with van der Waals surface area (Å²) in [7, 11) is 2.00. The second-order valence-corrected chi connectivity index (χ2v) is 4.33. The minimum atomic E-state index is 0.983. The van der Waals surface area contributed by atoms with Gasteiger partial charge in [-0.15, -0.1) is 0 Å². The van der Waals surface area contributed by atoms with Crippen LogP contribution in [0.4, 0.5) is 0 Å². The van der Waals surface area contributed by atoms with Crippen molar-refractivity contribution in [3.8, 4) is 0 Å². The molecule has 0 spiro atoms. The topological polar surface area (TPSA) is 12.0 Å². The highest BCUT2D eigenvalue weighted by Crippen LogP contribution is 2.33. The van der Waals surface area contributed by atoms with Gasteiger partial charge in [0.15, 0.2) is 0 Å². The smallest absolute Gasteiger partial charge is 0.0202 e. The third-order valence-corrected chi connectivity index (χ3v) is 2.91. The zero-order chi connectivity index (χ0) is 9.80. The molecule has 76 valence electrons. The van der Waals surface area contributed by atoms with Crippen LogP contribution < -0.4 is 5.32 Å². The van der Waals surface area contributed by atoms with E-state index >= 15 is 0 Å². The fourth-order valence-electron chi connectivity index (χ4n) is 1.88. The third kappa shape index (κ3) is 2.85. The number of nitrogens with one attached hydrogen (secondary N) is 1. The fourth-order valence-corrected chi connectivity index (χ4v) is 1.88. The zero-order valence-electron chi connectivity index (χ0n) is 8.92. The van der Waals surface area contributed by atoms with Gasteiger partial charge in [0.05, 0.1) is 0 Å². The van der Waals surface area contributed by atoms with Gasteiger partial charge in [-0.2, -0.15) is 0 Å². The molecule has 1 fully saturated rings. The van der Waals surface area contributed by atoms with Crippen LogP contribution in [-0.2, 0) is 13.0 Å². The first-order chi connectivity index (χ1) is 6.88. The highest BCUT2D eigenvalue weighted by Gasteiger charge is 2.20. The van der Waals surface area contributed by atoms with Gasteiger partial charge in [0.1, 0.15) is 0 Å². The molecule has 0 aromatic heterocycles. The predicted molar refractivity (Wildman–Crippen MR) is 60.3 cm³/mol. The first-order valence-electron chi connectivity index (χ1n) is 5.61. The Bertz CT molecular complexity index is 289. The van der Waals surface area contributed by atoms with Gasteiger partial charge in [0.25, 0.3) is 0 Å². The highest BCUT2D eigenvalue weighted by molar-refractivity contribution is 5.23. The Hall–Kier alpha value is -0.820. The number of aryl methyl sites for hydroxylation is 1. The van der Waals surface area contributed by atoms with E-state index in [2.05, 4.69) is 29.6 Å². The molecule has 1 heteroatoms. The van der Waals surface area contributed by atoms with Crippen LogP contribution in [0.15, 0.2) is 24.3 Å². The summed E-state index contributed by atoms with van der Waals surface area (Å²) in [6, 6.07) is 8.95. The van der Waals surface area contributed by atoms with Gasteiger partial charge in [0.2, 0.25) is 0 Å². The summed E-state index contributed by atoms with van der Waals surface area (Å²) in [6.07, 6.45) is 5.59. The van der Waals surface area contributed by atoms with Crippen molar-refractivity contribution in [3.05, 3.63) is 35.4 Å². The minimum Gasteiger partial charge on any atom is -0.316 e. The van der Waals surface area contributed by atoms with Gasteiger partial charge in [0, 0.05) is 6.54 Å². The van der Waals surface area contributed by atoms with Gasteiger partial charge in [-0.1, -0.05) is 37.1 Å². The standard InChI is InChI=1S/C13H19N/c1-14-10-13-4-2-3-12(9-13)8-7-11-5-6-11/h2-4,9,11,14H,5-8,10H2,1H3. The Labute approximate surface area is 86.5 Å². The monoisotopic (exact) mass is 189 g/mol. The van der Waals surface area contributed by atoms with Crippen molar-refractivity contribution in [3.63, 3.8) is 0 Å². The van der Waals surface area contributed by atoms with Gasteiger partial charge in [-0.25, -0.2) is 0 Å². The number of rotatable bonds is 5. The molecule has 0 saturated heterocycles. The van der Waals surface area contributed by atoms with Crippen molar-refractivity contribution in [1.29, 1.82) is 0 Å². The molecule has 0 unspecified atom stereocenters. The molecule has 0 atom stereocenters. The van der Waals surface area contributed by atoms with E-state index in [4.69, 9.17) is 0 Å². The summed E-state index contributed by atoms with van der Waals surface area (Å²) in [5, 5.41) is 3.19. The van der Waals surface area contributed by atoms with Crippen LogP contribution in [0.3, 0.4) is 0 Å². The quantitative estimate of drug-likeness (QED) is 0.751. The lowest BCUT2D eigenvalue weighted by Gasteiger charge is -2.04. The van der Waals surface area contributed by atoms with Crippen LogP contribution in [0.25, 0.3) is 0 Å². The molecule has 2 rings (SSSR count). The molecule has 1 saturated carbocycles.